The molecule has 3 aromatic rings. The zero-order chi connectivity index (χ0) is 21.8. The number of sulfonamides is 1. The molecule has 7 nitrogen and oxygen atoms in total. The minimum atomic E-state index is -3.75. The Morgan fingerprint density at radius 2 is 1.55 bits per heavy atom. The van der Waals surface area contributed by atoms with Crippen molar-refractivity contribution < 1.29 is 17.6 Å². The zero-order valence-corrected chi connectivity index (χ0v) is 17.5. The highest BCUT2D eigenvalue weighted by molar-refractivity contribution is 7.89. The molecule has 0 N–H and O–H groups in total. The van der Waals surface area contributed by atoms with Gasteiger partial charge in [-0.1, -0.05) is 30.3 Å². The van der Waals surface area contributed by atoms with Crippen LogP contribution in [0.25, 0.3) is 11.4 Å². The number of aromatic nitrogens is 2. The van der Waals surface area contributed by atoms with Crippen molar-refractivity contribution >= 4 is 15.9 Å². The van der Waals surface area contributed by atoms with Crippen molar-refractivity contribution in [1.82, 2.24) is 19.2 Å². The van der Waals surface area contributed by atoms with E-state index in [0.717, 1.165) is 17.7 Å². The molecule has 0 aliphatic carbocycles. The summed E-state index contributed by atoms with van der Waals surface area (Å²) in [5.41, 5.74) is 1.22. The number of benzene rings is 2. The van der Waals surface area contributed by atoms with E-state index in [0.29, 0.717) is 24.4 Å². The Bertz CT molecular complexity index is 1150. The third kappa shape index (κ3) is 4.62. The summed E-state index contributed by atoms with van der Waals surface area (Å²) in [6, 6.07) is 14.2. The summed E-state index contributed by atoms with van der Waals surface area (Å²) >= 11 is 0. The second-order valence-corrected chi connectivity index (χ2v) is 9.10. The van der Waals surface area contributed by atoms with Crippen LogP contribution in [0.15, 0.2) is 71.9 Å². The highest BCUT2D eigenvalue weighted by Gasteiger charge is 2.28. The maximum atomic E-state index is 13.1. The summed E-state index contributed by atoms with van der Waals surface area (Å²) < 4.78 is 40.2. The first-order valence-electron chi connectivity index (χ1n) is 9.87. The molecule has 1 fully saturated rings. The summed E-state index contributed by atoms with van der Waals surface area (Å²) in [6.07, 6.45) is 3.49. The molecule has 1 aliphatic rings. The molecule has 1 amide bonds. The normalized spacial score (nSPS) is 15.5. The minimum Gasteiger partial charge on any atom is -0.337 e. The maximum absolute atomic E-state index is 13.1. The molecule has 2 heterocycles. The number of nitrogens with zero attached hydrogens (tertiary/aromatic N) is 4. The van der Waals surface area contributed by atoms with E-state index < -0.39 is 15.8 Å². The average molecular weight is 441 g/mol. The molecule has 1 aromatic heterocycles. The smallest absolute Gasteiger partial charge is 0.257 e. The van der Waals surface area contributed by atoms with Crippen molar-refractivity contribution in [3.63, 3.8) is 0 Å². The fourth-order valence-corrected chi connectivity index (χ4v) is 4.92. The molecule has 9 heteroatoms. The molecule has 160 valence electrons. The molecule has 0 radical (unpaired) electrons. The predicted molar refractivity (Wildman–Crippen MR) is 113 cm³/mol. The van der Waals surface area contributed by atoms with Crippen molar-refractivity contribution in [2.24, 2.45) is 0 Å². The van der Waals surface area contributed by atoms with E-state index in [1.807, 2.05) is 30.3 Å². The van der Waals surface area contributed by atoms with Crippen LogP contribution in [0.5, 0.6) is 0 Å². The third-order valence-corrected chi connectivity index (χ3v) is 7.04. The molecule has 0 saturated carbocycles. The SMILES string of the molecule is O=C(c1cnc(-c2ccccc2)nc1)N1CCCN(S(=O)(=O)c2ccc(F)cc2)CC1. The lowest BCUT2D eigenvalue weighted by Gasteiger charge is -2.22. The molecule has 1 aliphatic heterocycles. The summed E-state index contributed by atoms with van der Waals surface area (Å²) in [4.78, 5) is 23.1. The summed E-state index contributed by atoms with van der Waals surface area (Å²) in [5, 5.41) is 0. The number of amides is 1. The fraction of sp³-hybridized carbons (Fsp3) is 0.227. The zero-order valence-electron chi connectivity index (χ0n) is 16.7. The van der Waals surface area contributed by atoms with Gasteiger partial charge in [0.25, 0.3) is 5.91 Å². The Kier molecular flexibility index (Phi) is 6.06. The van der Waals surface area contributed by atoms with Gasteiger partial charge < -0.3 is 4.90 Å². The Balaban J connectivity index is 1.45. The first-order valence-corrected chi connectivity index (χ1v) is 11.3. The van der Waals surface area contributed by atoms with E-state index in [1.54, 1.807) is 4.90 Å². The number of carbonyl (C=O) groups excluding carboxylic acids is 1. The third-order valence-electron chi connectivity index (χ3n) is 5.12. The molecular weight excluding hydrogens is 419 g/mol. The van der Waals surface area contributed by atoms with Gasteiger partial charge in [-0.25, -0.2) is 22.8 Å². The molecule has 1 saturated heterocycles. The molecule has 0 spiro atoms. The second-order valence-electron chi connectivity index (χ2n) is 7.17. The summed E-state index contributed by atoms with van der Waals surface area (Å²) in [5.74, 6) is -0.197. The number of rotatable bonds is 4. The van der Waals surface area contributed by atoms with Crippen LogP contribution in [0.4, 0.5) is 4.39 Å². The Morgan fingerprint density at radius 3 is 2.23 bits per heavy atom. The molecular formula is C22H21FN4O3S. The van der Waals surface area contributed by atoms with Crippen molar-refractivity contribution in [2.75, 3.05) is 26.2 Å². The highest BCUT2D eigenvalue weighted by Crippen LogP contribution is 2.19. The first-order chi connectivity index (χ1) is 14.9. The van der Waals surface area contributed by atoms with E-state index in [4.69, 9.17) is 0 Å². The van der Waals surface area contributed by atoms with Gasteiger partial charge in [0.1, 0.15) is 5.82 Å². The number of hydrogen-bond acceptors (Lipinski definition) is 5. The van der Waals surface area contributed by atoms with Crippen LogP contribution in [0.2, 0.25) is 0 Å². The highest BCUT2D eigenvalue weighted by atomic mass is 32.2. The maximum Gasteiger partial charge on any atom is 0.257 e. The largest absolute Gasteiger partial charge is 0.337 e. The quantitative estimate of drug-likeness (QED) is 0.623. The average Bonchev–Trinajstić information content (AvgIpc) is 3.07. The van der Waals surface area contributed by atoms with E-state index in [-0.39, 0.29) is 30.4 Å². The van der Waals surface area contributed by atoms with Gasteiger partial charge in [0.05, 0.1) is 10.5 Å². The number of halogens is 1. The second kappa shape index (κ2) is 8.91. The standard InChI is InChI=1S/C22H21FN4O3S/c23-19-7-9-20(10-8-19)31(29,30)27-12-4-11-26(13-14-27)22(28)18-15-24-21(25-16-18)17-5-2-1-3-6-17/h1-3,5-10,15-16H,4,11-14H2. The molecule has 2 aromatic carbocycles. The van der Waals surface area contributed by atoms with Gasteiger partial charge in [-0.05, 0) is 30.7 Å². The van der Waals surface area contributed by atoms with Gasteiger partial charge in [-0.15, -0.1) is 0 Å². The van der Waals surface area contributed by atoms with Gasteiger partial charge in [-0.3, -0.25) is 4.79 Å². The van der Waals surface area contributed by atoms with Crippen LogP contribution < -0.4 is 0 Å². The lowest BCUT2D eigenvalue weighted by Crippen LogP contribution is -2.37. The molecule has 0 bridgehead atoms. The lowest BCUT2D eigenvalue weighted by atomic mass is 10.2. The Morgan fingerprint density at radius 1 is 0.871 bits per heavy atom. The van der Waals surface area contributed by atoms with Crippen LogP contribution in [0.3, 0.4) is 0 Å². The van der Waals surface area contributed by atoms with E-state index in [9.17, 15) is 17.6 Å². The van der Waals surface area contributed by atoms with Crippen LogP contribution in [-0.2, 0) is 10.0 Å². The lowest BCUT2D eigenvalue weighted by molar-refractivity contribution is 0.0763. The van der Waals surface area contributed by atoms with E-state index >= 15 is 0 Å². The molecule has 0 atom stereocenters. The van der Waals surface area contributed by atoms with Gasteiger partial charge in [0.15, 0.2) is 5.82 Å². The van der Waals surface area contributed by atoms with Crippen molar-refractivity contribution in [3.8, 4) is 11.4 Å². The van der Waals surface area contributed by atoms with Crippen LogP contribution >= 0.6 is 0 Å². The molecule has 0 unspecified atom stereocenters. The van der Waals surface area contributed by atoms with Crippen molar-refractivity contribution in [1.29, 1.82) is 0 Å². The monoisotopic (exact) mass is 440 g/mol. The number of hydrogen-bond donors (Lipinski definition) is 0. The molecule has 4 rings (SSSR count). The van der Waals surface area contributed by atoms with Gasteiger partial charge >= 0.3 is 0 Å². The van der Waals surface area contributed by atoms with Crippen LogP contribution in [-0.4, -0.2) is 59.7 Å². The fourth-order valence-electron chi connectivity index (χ4n) is 3.45. The number of carbonyl (C=O) groups is 1. The Hall–Kier alpha value is -3.17. The van der Waals surface area contributed by atoms with Crippen molar-refractivity contribution in [3.05, 3.63) is 78.4 Å². The van der Waals surface area contributed by atoms with Crippen molar-refractivity contribution in [2.45, 2.75) is 11.3 Å². The van der Waals surface area contributed by atoms with Crippen LogP contribution in [0.1, 0.15) is 16.8 Å². The van der Waals surface area contributed by atoms with Gasteiger partial charge in [-0.2, -0.15) is 4.31 Å². The van der Waals surface area contributed by atoms with Gasteiger partial charge in [0, 0.05) is 44.1 Å². The first kappa shape index (κ1) is 21.1. The topological polar surface area (TPSA) is 83.5 Å². The predicted octanol–water partition coefficient (Wildman–Crippen LogP) is 2.82. The molecule has 31 heavy (non-hydrogen) atoms. The minimum absolute atomic E-state index is 0.0403. The summed E-state index contributed by atoms with van der Waals surface area (Å²) in [6.45, 7) is 1.12. The van der Waals surface area contributed by atoms with E-state index in [2.05, 4.69) is 9.97 Å². The van der Waals surface area contributed by atoms with Gasteiger partial charge in [0.2, 0.25) is 10.0 Å². The van der Waals surface area contributed by atoms with Crippen LogP contribution in [0, 0.1) is 5.82 Å². The summed E-state index contributed by atoms with van der Waals surface area (Å²) in [7, 11) is -3.75. The Labute approximate surface area is 180 Å². The van der Waals surface area contributed by atoms with E-state index in [1.165, 1.54) is 28.8 Å².